The molecule has 1 aliphatic rings. The molecule has 0 atom stereocenters. The number of hydrogen-bond acceptors (Lipinski definition) is 3. The Bertz CT molecular complexity index is 469. The summed E-state index contributed by atoms with van der Waals surface area (Å²) in [5, 5.41) is 9.81. The van der Waals surface area contributed by atoms with E-state index in [1.165, 1.54) is 0 Å². The van der Waals surface area contributed by atoms with E-state index in [0.29, 0.717) is 25.9 Å². The average molecular weight is 273 g/mol. The summed E-state index contributed by atoms with van der Waals surface area (Å²) in [7, 11) is 0. The van der Waals surface area contributed by atoms with E-state index in [0.717, 1.165) is 12.3 Å². The predicted octanol–water partition coefficient (Wildman–Crippen LogP) is 1.86. The molecular formula is C12H14ClFN2O2. The van der Waals surface area contributed by atoms with E-state index in [-0.39, 0.29) is 16.6 Å². The molecule has 1 amide bonds. The number of aliphatic hydroxyl groups is 1. The lowest BCUT2D eigenvalue weighted by atomic mass is 9.93. The molecule has 0 bridgehead atoms. The second-order valence-corrected chi connectivity index (χ2v) is 5.14. The van der Waals surface area contributed by atoms with E-state index in [2.05, 4.69) is 4.98 Å². The Labute approximate surface area is 109 Å². The first-order valence-corrected chi connectivity index (χ1v) is 6.09. The third kappa shape index (κ3) is 2.79. The van der Waals surface area contributed by atoms with Crippen molar-refractivity contribution in [2.75, 3.05) is 13.1 Å². The van der Waals surface area contributed by atoms with Crippen LogP contribution < -0.4 is 0 Å². The molecule has 2 heterocycles. The molecule has 0 aliphatic carbocycles. The van der Waals surface area contributed by atoms with Gasteiger partial charge in [0.2, 0.25) is 0 Å². The number of likely N-dealkylation sites (tertiary alicyclic amines) is 1. The number of halogens is 2. The summed E-state index contributed by atoms with van der Waals surface area (Å²) in [6.45, 7) is 2.60. The molecule has 18 heavy (non-hydrogen) atoms. The van der Waals surface area contributed by atoms with Gasteiger partial charge < -0.3 is 10.0 Å². The van der Waals surface area contributed by atoms with Crippen molar-refractivity contribution in [3.8, 4) is 0 Å². The first-order chi connectivity index (χ1) is 8.39. The Morgan fingerprint density at radius 3 is 2.78 bits per heavy atom. The molecule has 0 radical (unpaired) electrons. The van der Waals surface area contributed by atoms with Gasteiger partial charge in [0, 0.05) is 13.1 Å². The zero-order valence-electron chi connectivity index (χ0n) is 9.99. The van der Waals surface area contributed by atoms with Gasteiger partial charge in [-0.2, -0.15) is 0 Å². The van der Waals surface area contributed by atoms with Crippen LogP contribution in [0, 0.1) is 5.82 Å². The van der Waals surface area contributed by atoms with Crippen LogP contribution >= 0.6 is 11.6 Å². The highest BCUT2D eigenvalue weighted by molar-refractivity contribution is 6.32. The molecule has 1 aromatic heterocycles. The molecule has 1 aliphatic heterocycles. The molecule has 1 saturated heterocycles. The Morgan fingerprint density at radius 2 is 2.17 bits per heavy atom. The van der Waals surface area contributed by atoms with Crippen LogP contribution in [0.25, 0.3) is 0 Å². The van der Waals surface area contributed by atoms with Crippen LogP contribution in [-0.4, -0.2) is 39.6 Å². The number of carbonyl (C=O) groups is 1. The summed E-state index contributed by atoms with van der Waals surface area (Å²) < 4.78 is 13.1. The van der Waals surface area contributed by atoms with Crippen molar-refractivity contribution in [3.05, 3.63) is 28.8 Å². The molecule has 0 aromatic carbocycles. The zero-order valence-corrected chi connectivity index (χ0v) is 10.7. The SMILES string of the molecule is CC1(O)CCN(C(=O)c2cc(F)cnc2Cl)CC1. The van der Waals surface area contributed by atoms with Crippen molar-refractivity contribution < 1.29 is 14.3 Å². The fourth-order valence-corrected chi connectivity index (χ4v) is 2.12. The van der Waals surface area contributed by atoms with Gasteiger partial charge in [0.15, 0.2) is 0 Å². The Kier molecular flexibility index (Phi) is 3.54. The first-order valence-electron chi connectivity index (χ1n) is 5.72. The van der Waals surface area contributed by atoms with Gasteiger partial charge >= 0.3 is 0 Å². The van der Waals surface area contributed by atoms with Crippen LogP contribution in [0.3, 0.4) is 0 Å². The number of piperidine rings is 1. The molecule has 2 rings (SSSR count). The first kappa shape index (κ1) is 13.2. The van der Waals surface area contributed by atoms with Crippen molar-refractivity contribution in [2.24, 2.45) is 0 Å². The Morgan fingerprint density at radius 1 is 1.56 bits per heavy atom. The molecule has 0 unspecified atom stereocenters. The van der Waals surface area contributed by atoms with Crippen molar-refractivity contribution >= 4 is 17.5 Å². The number of nitrogens with zero attached hydrogens (tertiary/aromatic N) is 2. The number of amides is 1. The highest BCUT2D eigenvalue weighted by Crippen LogP contribution is 2.24. The van der Waals surface area contributed by atoms with Crippen LogP contribution in [0.15, 0.2) is 12.3 Å². The molecular weight excluding hydrogens is 259 g/mol. The predicted molar refractivity (Wildman–Crippen MR) is 65.0 cm³/mol. The largest absolute Gasteiger partial charge is 0.390 e. The van der Waals surface area contributed by atoms with Gasteiger partial charge in [-0.3, -0.25) is 4.79 Å². The molecule has 98 valence electrons. The van der Waals surface area contributed by atoms with E-state index < -0.39 is 11.4 Å². The second-order valence-electron chi connectivity index (χ2n) is 4.78. The van der Waals surface area contributed by atoms with Crippen molar-refractivity contribution in [2.45, 2.75) is 25.4 Å². The lowest BCUT2D eigenvalue weighted by Gasteiger charge is -2.35. The summed E-state index contributed by atoms with van der Waals surface area (Å²) in [5.74, 6) is -0.936. The maximum absolute atomic E-state index is 13.1. The number of hydrogen-bond donors (Lipinski definition) is 1. The van der Waals surface area contributed by atoms with E-state index in [4.69, 9.17) is 11.6 Å². The second kappa shape index (κ2) is 4.82. The summed E-state index contributed by atoms with van der Waals surface area (Å²) in [6.07, 6.45) is 1.97. The van der Waals surface area contributed by atoms with Gasteiger partial charge in [0.05, 0.1) is 17.4 Å². The molecule has 4 nitrogen and oxygen atoms in total. The van der Waals surface area contributed by atoms with Crippen LogP contribution in [-0.2, 0) is 0 Å². The molecule has 1 N–H and O–H groups in total. The standard InChI is InChI=1S/C12H14ClFN2O2/c1-12(18)2-4-16(5-3-12)11(17)9-6-8(14)7-15-10(9)13/h6-7,18H,2-5H2,1H3. The molecule has 0 spiro atoms. The number of rotatable bonds is 1. The quantitative estimate of drug-likeness (QED) is 0.794. The van der Waals surface area contributed by atoms with E-state index in [1.54, 1.807) is 11.8 Å². The van der Waals surface area contributed by atoms with Crippen LogP contribution in [0.5, 0.6) is 0 Å². The Balaban J connectivity index is 2.15. The van der Waals surface area contributed by atoms with Crippen LogP contribution in [0.1, 0.15) is 30.1 Å². The number of pyridine rings is 1. The van der Waals surface area contributed by atoms with E-state index >= 15 is 0 Å². The lowest BCUT2D eigenvalue weighted by molar-refractivity contribution is -0.00204. The van der Waals surface area contributed by atoms with Gasteiger partial charge in [-0.1, -0.05) is 11.6 Å². The fraction of sp³-hybridized carbons (Fsp3) is 0.500. The topological polar surface area (TPSA) is 53.4 Å². The maximum Gasteiger partial charge on any atom is 0.257 e. The summed E-state index contributed by atoms with van der Waals surface area (Å²) >= 11 is 5.79. The third-order valence-electron chi connectivity index (χ3n) is 3.16. The molecule has 0 saturated carbocycles. The van der Waals surface area contributed by atoms with Gasteiger partial charge in [0.1, 0.15) is 11.0 Å². The van der Waals surface area contributed by atoms with Crippen LogP contribution in [0.4, 0.5) is 4.39 Å². The highest BCUT2D eigenvalue weighted by atomic mass is 35.5. The summed E-state index contributed by atoms with van der Waals surface area (Å²) in [4.78, 5) is 17.3. The molecule has 6 heteroatoms. The van der Waals surface area contributed by atoms with Crippen LogP contribution in [0.2, 0.25) is 5.15 Å². The summed E-state index contributed by atoms with van der Waals surface area (Å²) in [6, 6.07) is 1.09. The molecule has 1 fully saturated rings. The summed E-state index contributed by atoms with van der Waals surface area (Å²) in [5.41, 5.74) is -0.668. The van der Waals surface area contributed by atoms with Gasteiger partial charge in [0.25, 0.3) is 5.91 Å². The maximum atomic E-state index is 13.1. The third-order valence-corrected chi connectivity index (χ3v) is 3.47. The smallest absolute Gasteiger partial charge is 0.257 e. The van der Waals surface area contributed by atoms with Crippen molar-refractivity contribution in [1.29, 1.82) is 0 Å². The molecule has 1 aromatic rings. The van der Waals surface area contributed by atoms with E-state index in [1.807, 2.05) is 0 Å². The normalized spacial score (nSPS) is 18.8. The Hall–Kier alpha value is -1.20. The zero-order chi connectivity index (χ0) is 13.3. The lowest BCUT2D eigenvalue weighted by Crippen LogP contribution is -2.45. The average Bonchev–Trinajstić information content (AvgIpc) is 2.31. The van der Waals surface area contributed by atoms with E-state index in [9.17, 15) is 14.3 Å². The minimum absolute atomic E-state index is 0.00117. The monoisotopic (exact) mass is 272 g/mol. The van der Waals surface area contributed by atoms with Gasteiger partial charge in [-0.05, 0) is 25.8 Å². The minimum atomic E-state index is -0.735. The number of aromatic nitrogens is 1. The fourth-order valence-electron chi connectivity index (χ4n) is 1.93. The minimum Gasteiger partial charge on any atom is -0.390 e. The van der Waals surface area contributed by atoms with Gasteiger partial charge in [-0.15, -0.1) is 0 Å². The van der Waals surface area contributed by atoms with Crippen molar-refractivity contribution in [1.82, 2.24) is 9.88 Å². The van der Waals surface area contributed by atoms with Crippen molar-refractivity contribution in [3.63, 3.8) is 0 Å². The highest BCUT2D eigenvalue weighted by Gasteiger charge is 2.30. The number of carbonyl (C=O) groups excluding carboxylic acids is 1. The van der Waals surface area contributed by atoms with Gasteiger partial charge in [-0.25, -0.2) is 9.37 Å².